The molecular formula is C11H17F3N2O4S. The quantitative estimate of drug-likeness (QED) is 0.649. The topological polar surface area (TPSA) is 85.5 Å². The number of thioether (sulfide) groups is 1. The van der Waals surface area contributed by atoms with Crippen LogP contribution in [0.15, 0.2) is 4.99 Å². The summed E-state index contributed by atoms with van der Waals surface area (Å²) in [4.78, 5) is 5.93. The zero-order chi connectivity index (χ0) is 15.9. The predicted octanol–water partition coefficient (Wildman–Crippen LogP) is -0.221. The van der Waals surface area contributed by atoms with Gasteiger partial charge in [0.15, 0.2) is 11.3 Å². The van der Waals surface area contributed by atoms with Gasteiger partial charge in [-0.2, -0.15) is 13.2 Å². The van der Waals surface area contributed by atoms with Crippen molar-refractivity contribution in [3.8, 4) is 0 Å². The molecule has 21 heavy (non-hydrogen) atoms. The van der Waals surface area contributed by atoms with Crippen LogP contribution in [-0.4, -0.2) is 81.0 Å². The predicted molar refractivity (Wildman–Crippen MR) is 69.9 cm³/mol. The van der Waals surface area contributed by atoms with Crippen molar-refractivity contribution < 1.29 is 33.2 Å². The normalized spacial score (nSPS) is 37.9. The number of aliphatic imine (C=N–C) groups is 1. The van der Waals surface area contributed by atoms with Crippen LogP contribution in [0.1, 0.15) is 6.92 Å². The van der Waals surface area contributed by atoms with Crippen molar-refractivity contribution in [1.29, 1.82) is 0 Å². The van der Waals surface area contributed by atoms with Gasteiger partial charge in [-0.3, -0.25) is 4.99 Å². The second-order valence-electron chi connectivity index (χ2n) is 4.97. The smallest absolute Gasteiger partial charge is 0.388 e. The number of ether oxygens (including phenoxy) is 1. The Morgan fingerprint density at radius 3 is 2.52 bits per heavy atom. The van der Waals surface area contributed by atoms with E-state index in [1.165, 1.54) is 0 Å². The highest BCUT2D eigenvalue weighted by Crippen LogP contribution is 2.39. The van der Waals surface area contributed by atoms with Gasteiger partial charge < -0.3 is 25.0 Å². The maximum absolute atomic E-state index is 12.6. The van der Waals surface area contributed by atoms with Crippen molar-refractivity contribution in [2.45, 2.75) is 49.0 Å². The van der Waals surface area contributed by atoms with E-state index in [0.29, 0.717) is 11.7 Å². The Bertz CT molecular complexity index is 423. The summed E-state index contributed by atoms with van der Waals surface area (Å²) >= 11 is 1.07. The lowest BCUT2D eigenvalue weighted by Crippen LogP contribution is -2.60. The second kappa shape index (κ2) is 5.92. The van der Waals surface area contributed by atoms with E-state index in [-0.39, 0.29) is 0 Å². The molecule has 0 saturated carbocycles. The van der Waals surface area contributed by atoms with Gasteiger partial charge >= 0.3 is 6.18 Å². The van der Waals surface area contributed by atoms with Crippen LogP contribution in [0.5, 0.6) is 0 Å². The van der Waals surface area contributed by atoms with Crippen LogP contribution in [0.2, 0.25) is 0 Å². The van der Waals surface area contributed by atoms with Crippen LogP contribution in [0, 0.1) is 0 Å². The Balaban J connectivity index is 2.16. The number of aliphatic hydroxyl groups excluding tert-OH is 3. The second-order valence-corrected chi connectivity index (χ2v) is 6.04. The molecule has 0 aromatic carbocycles. The number of halogens is 3. The maximum atomic E-state index is 12.6. The van der Waals surface area contributed by atoms with Crippen molar-refractivity contribution in [2.75, 3.05) is 13.6 Å². The standard InChI is InChI=1S/C11H17F3N2O4S/c1-3-16(2)10-15-4-5(17)6(18)7(20-9(4)21-10)8(19)11(12,13)14/h4-9,17-19H,3H2,1-2H3. The van der Waals surface area contributed by atoms with E-state index >= 15 is 0 Å². The first-order valence-electron chi connectivity index (χ1n) is 6.38. The number of fused-ring (bicyclic) bond motifs is 1. The van der Waals surface area contributed by atoms with E-state index in [4.69, 9.17) is 4.74 Å². The molecular weight excluding hydrogens is 313 g/mol. The summed E-state index contributed by atoms with van der Waals surface area (Å²) in [7, 11) is 1.74. The monoisotopic (exact) mass is 330 g/mol. The average molecular weight is 330 g/mol. The maximum Gasteiger partial charge on any atom is 0.417 e. The lowest BCUT2D eigenvalue weighted by molar-refractivity contribution is -0.271. The van der Waals surface area contributed by atoms with E-state index in [9.17, 15) is 28.5 Å². The highest BCUT2D eigenvalue weighted by Gasteiger charge is 2.56. The molecule has 2 aliphatic heterocycles. The third kappa shape index (κ3) is 3.14. The number of nitrogens with zero attached hydrogens (tertiary/aromatic N) is 2. The first-order chi connectivity index (χ1) is 9.66. The lowest BCUT2D eigenvalue weighted by atomic mass is 9.94. The molecule has 1 fully saturated rings. The van der Waals surface area contributed by atoms with Crippen LogP contribution >= 0.6 is 11.8 Å². The van der Waals surface area contributed by atoms with Crippen molar-refractivity contribution >= 4 is 16.9 Å². The number of hydrogen-bond acceptors (Lipinski definition) is 7. The summed E-state index contributed by atoms with van der Waals surface area (Å²) in [5.41, 5.74) is -0.866. The summed E-state index contributed by atoms with van der Waals surface area (Å²) in [6.45, 7) is 2.49. The zero-order valence-electron chi connectivity index (χ0n) is 11.4. The zero-order valence-corrected chi connectivity index (χ0v) is 12.2. The fourth-order valence-corrected chi connectivity index (χ4v) is 3.39. The van der Waals surface area contributed by atoms with Crippen molar-refractivity contribution in [1.82, 2.24) is 4.90 Å². The van der Waals surface area contributed by atoms with Gasteiger partial charge in [-0.05, 0) is 6.92 Å². The first kappa shape index (κ1) is 16.8. The Morgan fingerprint density at radius 1 is 1.38 bits per heavy atom. The summed E-state index contributed by atoms with van der Waals surface area (Å²) in [5.74, 6) is 0. The molecule has 0 amide bonds. The average Bonchev–Trinajstić information content (AvgIpc) is 2.84. The third-order valence-electron chi connectivity index (χ3n) is 3.54. The van der Waals surface area contributed by atoms with Crippen molar-refractivity contribution in [2.24, 2.45) is 4.99 Å². The molecule has 0 aliphatic carbocycles. The third-order valence-corrected chi connectivity index (χ3v) is 4.79. The van der Waals surface area contributed by atoms with E-state index in [2.05, 4.69) is 4.99 Å². The van der Waals surface area contributed by atoms with Crippen LogP contribution in [-0.2, 0) is 4.74 Å². The molecule has 1 saturated heterocycles. The summed E-state index contributed by atoms with van der Waals surface area (Å²) in [6.07, 6.45) is -13.1. The highest BCUT2D eigenvalue weighted by atomic mass is 32.2. The Kier molecular flexibility index (Phi) is 4.74. The van der Waals surface area contributed by atoms with E-state index in [0.717, 1.165) is 11.8 Å². The molecule has 0 spiro atoms. The molecule has 6 unspecified atom stereocenters. The van der Waals surface area contributed by atoms with Gasteiger partial charge in [0.2, 0.25) is 0 Å². The molecule has 6 nitrogen and oxygen atoms in total. The minimum absolute atomic E-state index is 0.515. The van der Waals surface area contributed by atoms with Gasteiger partial charge in [-0.15, -0.1) is 0 Å². The highest BCUT2D eigenvalue weighted by molar-refractivity contribution is 8.14. The fourth-order valence-electron chi connectivity index (χ4n) is 2.14. The van der Waals surface area contributed by atoms with Crippen LogP contribution in [0.25, 0.3) is 0 Å². The number of aliphatic hydroxyl groups is 3. The summed E-state index contributed by atoms with van der Waals surface area (Å²) in [5, 5.41) is 29.5. The van der Waals surface area contributed by atoms with Gasteiger partial charge in [-0.1, -0.05) is 11.8 Å². The van der Waals surface area contributed by atoms with Gasteiger partial charge in [0.1, 0.15) is 29.8 Å². The molecule has 6 atom stereocenters. The number of rotatable bonds is 2. The molecule has 0 aromatic rings. The van der Waals surface area contributed by atoms with E-state index < -0.39 is 42.1 Å². The summed E-state index contributed by atoms with van der Waals surface area (Å²) < 4.78 is 42.9. The fraction of sp³-hybridized carbons (Fsp3) is 0.909. The van der Waals surface area contributed by atoms with E-state index in [1.807, 2.05) is 6.92 Å². The summed E-state index contributed by atoms with van der Waals surface area (Å²) in [6, 6.07) is -0.856. The van der Waals surface area contributed by atoms with E-state index in [1.54, 1.807) is 11.9 Å². The van der Waals surface area contributed by atoms with Crippen LogP contribution < -0.4 is 0 Å². The molecule has 2 aliphatic rings. The van der Waals surface area contributed by atoms with Gasteiger partial charge in [0.25, 0.3) is 0 Å². The molecule has 2 rings (SSSR count). The molecule has 2 heterocycles. The largest absolute Gasteiger partial charge is 0.417 e. The number of amidine groups is 1. The van der Waals surface area contributed by atoms with Crippen molar-refractivity contribution in [3.05, 3.63) is 0 Å². The first-order valence-corrected chi connectivity index (χ1v) is 7.26. The molecule has 3 N–H and O–H groups in total. The van der Waals surface area contributed by atoms with Crippen molar-refractivity contribution in [3.63, 3.8) is 0 Å². The molecule has 10 heteroatoms. The Labute approximate surface area is 123 Å². The van der Waals surface area contributed by atoms with Gasteiger partial charge in [0.05, 0.1) is 0 Å². The number of alkyl halides is 3. The Hall–Kier alpha value is -0.550. The molecule has 0 bridgehead atoms. The minimum atomic E-state index is -4.94. The minimum Gasteiger partial charge on any atom is -0.388 e. The van der Waals surface area contributed by atoms with Crippen LogP contribution in [0.4, 0.5) is 13.2 Å². The molecule has 0 aromatic heterocycles. The molecule has 0 radical (unpaired) electrons. The van der Waals surface area contributed by atoms with Gasteiger partial charge in [0, 0.05) is 13.6 Å². The lowest BCUT2D eigenvalue weighted by Gasteiger charge is -2.40. The SMILES string of the molecule is CCN(C)C1=NC2C(OC(C(O)C(F)(F)F)C(O)C2O)S1. The molecule has 122 valence electrons. The number of hydrogen-bond donors (Lipinski definition) is 3. The Morgan fingerprint density at radius 2 is 2.00 bits per heavy atom. The van der Waals surface area contributed by atoms with Gasteiger partial charge in [-0.25, -0.2) is 0 Å². The van der Waals surface area contributed by atoms with Crippen LogP contribution in [0.3, 0.4) is 0 Å².